The van der Waals surface area contributed by atoms with Gasteiger partial charge in [0.15, 0.2) is 0 Å². The van der Waals surface area contributed by atoms with Crippen LogP contribution in [0.2, 0.25) is 0 Å². The van der Waals surface area contributed by atoms with Gasteiger partial charge in [-0.1, -0.05) is 26.2 Å². The van der Waals surface area contributed by atoms with Crippen LogP contribution in [0.5, 0.6) is 0 Å². The van der Waals surface area contributed by atoms with E-state index >= 15 is 0 Å². The van der Waals surface area contributed by atoms with Gasteiger partial charge in [0.05, 0.1) is 25.4 Å². The average molecular weight is 501 g/mol. The maximum Gasteiger partial charge on any atom is 0.264 e. The quantitative estimate of drug-likeness (QED) is 0.159. The highest BCUT2D eigenvalue weighted by Gasteiger charge is 2.26. The topological polar surface area (TPSA) is 54.4 Å². The maximum absolute atomic E-state index is 11.0. The summed E-state index contributed by atoms with van der Waals surface area (Å²) in [6.45, 7) is 15.1. The molecule has 4 nitrogen and oxygen atoms in total. The third kappa shape index (κ3) is 8.24. The first-order chi connectivity index (χ1) is 15.1. The summed E-state index contributed by atoms with van der Waals surface area (Å²) in [5, 5.41) is 0. The van der Waals surface area contributed by atoms with Crippen LogP contribution in [0.4, 0.5) is 0 Å². The van der Waals surface area contributed by atoms with E-state index < -0.39 is 10.1 Å². The lowest BCUT2D eigenvalue weighted by atomic mass is 10.1. The molecular formula is C25H42NO3S3+. The van der Waals surface area contributed by atoms with Crippen molar-refractivity contribution in [2.75, 3.05) is 25.4 Å². The number of hydrogen-bond donors (Lipinski definition) is 1. The summed E-state index contributed by atoms with van der Waals surface area (Å²) in [5.74, 6) is -0.138. The first-order valence-corrected chi connectivity index (χ1v) is 15.4. The second-order valence-electron chi connectivity index (χ2n) is 9.06. The molecule has 2 rings (SSSR count). The molecule has 2 aromatic rings. The predicted molar refractivity (Wildman–Crippen MR) is 141 cm³/mol. The number of nitrogens with zero attached hydrogens (tertiary/aromatic N) is 1. The van der Waals surface area contributed by atoms with Crippen molar-refractivity contribution in [3.63, 3.8) is 0 Å². The highest BCUT2D eigenvalue weighted by molar-refractivity contribution is 7.85. The highest BCUT2D eigenvalue weighted by Crippen LogP contribution is 2.40. The molecule has 0 aliphatic rings. The molecule has 2 heterocycles. The summed E-state index contributed by atoms with van der Waals surface area (Å²) in [6.07, 6.45) is 7.66. The van der Waals surface area contributed by atoms with Gasteiger partial charge < -0.3 is 4.48 Å². The van der Waals surface area contributed by atoms with E-state index in [1.807, 2.05) is 22.7 Å². The van der Waals surface area contributed by atoms with Crippen molar-refractivity contribution in [2.24, 2.45) is 0 Å². The van der Waals surface area contributed by atoms with Gasteiger partial charge in [0.2, 0.25) is 0 Å². The Labute approximate surface area is 204 Å². The van der Waals surface area contributed by atoms with E-state index in [1.165, 1.54) is 62.7 Å². The Balaban J connectivity index is 2.15. The van der Waals surface area contributed by atoms with Crippen molar-refractivity contribution in [3.8, 4) is 9.75 Å². The van der Waals surface area contributed by atoms with Crippen LogP contribution in [0.3, 0.4) is 0 Å². The fourth-order valence-corrected chi connectivity index (χ4v) is 7.23. The molecule has 32 heavy (non-hydrogen) atoms. The second-order valence-corrected chi connectivity index (χ2v) is 13.1. The van der Waals surface area contributed by atoms with Crippen molar-refractivity contribution >= 4 is 32.8 Å². The fraction of sp³-hybridized carbons (Fsp3) is 0.680. The van der Waals surface area contributed by atoms with Crippen molar-refractivity contribution in [1.82, 2.24) is 0 Å². The zero-order chi connectivity index (χ0) is 23.8. The third-order valence-electron chi connectivity index (χ3n) is 6.61. The van der Waals surface area contributed by atoms with Crippen LogP contribution in [-0.4, -0.2) is 42.8 Å². The van der Waals surface area contributed by atoms with E-state index in [4.69, 9.17) is 4.55 Å². The minimum atomic E-state index is -3.86. The Bertz CT molecular complexity index is 940. The average Bonchev–Trinajstić information content (AvgIpc) is 3.29. The van der Waals surface area contributed by atoms with Gasteiger partial charge in [0, 0.05) is 25.1 Å². The van der Waals surface area contributed by atoms with E-state index in [9.17, 15) is 8.42 Å². The summed E-state index contributed by atoms with van der Waals surface area (Å²) < 4.78 is 32.1. The summed E-state index contributed by atoms with van der Waals surface area (Å²) in [6, 6.07) is 4.80. The minimum absolute atomic E-state index is 0.138. The van der Waals surface area contributed by atoms with Crippen LogP contribution in [0.1, 0.15) is 80.2 Å². The maximum atomic E-state index is 11.0. The SMILES string of the molecule is CCCCCCc1cc(C)sc1-c1cc(C[N+](CC)(CC)CCCCS(=O)(=O)O)c(C)s1. The van der Waals surface area contributed by atoms with Gasteiger partial charge in [0.25, 0.3) is 10.1 Å². The summed E-state index contributed by atoms with van der Waals surface area (Å²) in [4.78, 5) is 5.64. The molecule has 182 valence electrons. The molecular weight excluding hydrogens is 458 g/mol. The van der Waals surface area contributed by atoms with E-state index in [0.717, 1.165) is 37.1 Å². The Hall–Kier alpha value is -0.730. The largest absolute Gasteiger partial charge is 0.320 e. The first-order valence-electron chi connectivity index (χ1n) is 12.1. The number of rotatable bonds is 15. The van der Waals surface area contributed by atoms with Gasteiger partial charge in [-0.25, -0.2) is 0 Å². The van der Waals surface area contributed by atoms with E-state index in [-0.39, 0.29) is 5.75 Å². The Morgan fingerprint density at radius 3 is 2.25 bits per heavy atom. The van der Waals surface area contributed by atoms with Crippen molar-refractivity contribution in [2.45, 2.75) is 86.1 Å². The summed E-state index contributed by atoms with van der Waals surface area (Å²) in [7, 11) is -3.86. The smallest absolute Gasteiger partial charge is 0.264 e. The molecule has 0 bridgehead atoms. The van der Waals surface area contributed by atoms with Gasteiger partial charge in [0.1, 0.15) is 6.54 Å². The Kier molecular flexibility index (Phi) is 10.9. The van der Waals surface area contributed by atoms with E-state index in [0.29, 0.717) is 6.42 Å². The van der Waals surface area contributed by atoms with Crippen LogP contribution in [0.25, 0.3) is 9.75 Å². The molecule has 0 atom stereocenters. The molecule has 0 fully saturated rings. The molecule has 2 aromatic heterocycles. The first kappa shape index (κ1) is 27.5. The van der Waals surface area contributed by atoms with Gasteiger partial charge in [-0.2, -0.15) is 8.42 Å². The Morgan fingerprint density at radius 2 is 1.62 bits per heavy atom. The van der Waals surface area contributed by atoms with Crippen molar-refractivity contribution in [3.05, 3.63) is 33.0 Å². The lowest BCUT2D eigenvalue weighted by Gasteiger charge is -2.37. The molecule has 0 radical (unpaired) electrons. The van der Waals surface area contributed by atoms with E-state index in [2.05, 4.69) is 46.8 Å². The highest BCUT2D eigenvalue weighted by atomic mass is 32.2. The number of hydrogen-bond acceptors (Lipinski definition) is 4. The molecule has 0 spiro atoms. The van der Waals surface area contributed by atoms with Gasteiger partial charge in [-0.15, -0.1) is 22.7 Å². The normalized spacial score (nSPS) is 12.6. The number of unbranched alkanes of at least 4 members (excludes halogenated alkanes) is 4. The molecule has 1 N–H and O–H groups in total. The van der Waals surface area contributed by atoms with Crippen LogP contribution >= 0.6 is 22.7 Å². The van der Waals surface area contributed by atoms with Crippen LogP contribution in [0.15, 0.2) is 12.1 Å². The summed E-state index contributed by atoms with van der Waals surface area (Å²) in [5.41, 5.74) is 2.93. The van der Waals surface area contributed by atoms with Gasteiger partial charge >= 0.3 is 0 Å². The lowest BCUT2D eigenvalue weighted by molar-refractivity contribution is -0.938. The molecule has 0 saturated carbocycles. The van der Waals surface area contributed by atoms with Gasteiger partial charge in [-0.05, 0) is 71.1 Å². The lowest BCUT2D eigenvalue weighted by Crippen LogP contribution is -2.47. The summed E-state index contributed by atoms with van der Waals surface area (Å²) >= 11 is 3.85. The van der Waals surface area contributed by atoms with Crippen LogP contribution in [-0.2, 0) is 23.1 Å². The number of aryl methyl sites for hydroxylation is 3. The zero-order valence-corrected chi connectivity index (χ0v) is 23.0. The van der Waals surface area contributed by atoms with Crippen molar-refractivity contribution in [1.29, 1.82) is 0 Å². The standard InChI is InChI=1S/C25H41NO3S3/c1-6-9-10-11-14-22-17-20(4)30-25(22)24-18-23(21(5)31-24)19-26(7-2,8-3)15-12-13-16-32(27,28)29/h17-18H,6-16,19H2,1-5H3/p+1. The molecule has 0 amide bonds. The molecule has 0 aliphatic heterocycles. The Morgan fingerprint density at radius 1 is 0.906 bits per heavy atom. The molecule has 0 aliphatic carbocycles. The molecule has 7 heteroatoms. The van der Waals surface area contributed by atoms with Crippen molar-refractivity contribution < 1.29 is 17.5 Å². The zero-order valence-electron chi connectivity index (χ0n) is 20.6. The molecule has 0 aromatic carbocycles. The molecule has 0 saturated heterocycles. The predicted octanol–water partition coefficient (Wildman–Crippen LogP) is 7.24. The third-order valence-corrected chi connectivity index (χ3v) is 9.78. The number of thiophene rings is 2. The minimum Gasteiger partial charge on any atom is -0.320 e. The van der Waals surface area contributed by atoms with Crippen LogP contribution in [0, 0.1) is 13.8 Å². The van der Waals surface area contributed by atoms with E-state index in [1.54, 1.807) is 0 Å². The fourth-order valence-electron chi connectivity index (χ4n) is 4.43. The van der Waals surface area contributed by atoms with Gasteiger partial charge in [-0.3, -0.25) is 4.55 Å². The molecule has 0 unspecified atom stereocenters. The number of quaternary nitrogens is 1. The monoisotopic (exact) mass is 500 g/mol. The van der Waals surface area contributed by atoms with Crippen LogP contribution < -0.4 is 0 Å². The second kappa shape index (κ2) is 12.7.